The summed E-state index contributed by atoms with van der Waals surface area (Å²) >= 11 is 0. The standard InChI is InChI=1S/C9H17NO4.C6H8O7.Zn/c1-7(11)14-8(5-9(12)13)6-10(2,3)4;7-3(8)1-6(13,5(11)12)2-4(9)10;/h8H,5-6H2,1-4H3;13H,1-2H2,(H,7,8)(H,9,10)(H,11,12);/t8-;;/m1../s1. The van der Waals surface area contributed by atoms with Gasteiger partial charge in [-0.15, -0.1) is 0 Å². The molecule has 0 aromatic carbocycles. The number of hydrogen-bond donors (Lipinski definition) is 4. The van der Waals surface area contributed by atoms with Crippen LogP contribution in [0.5, 0.6) is 0 Å². The van der Waals surface area contributed by atoms with Gasteiger partial charge in [0.15, 0.2) is 11.7 Å². The van der Waals surface area contributed by atoms with Crippen LogP contribution in [0, 0.1) is 0 Å². The van der Waals surface area contributed by atoms with Crippen molar-refractivity contribution in [1.82, 2.24) is 0 Å². The number of rotatable bonds is 10. The Bertz CT molecular complexity index is 539. The number of carboxylic acids is 4. The molecule has 0 radical (unpaired) electrons. The zero-order valence-corrected chi connectivity index (χ0v) is 19.2. The molecule has 0 saturated carbocycles. The van der Waals surface area contributed by atoms with Crippen LogP contribution in [-0.2, 0) is 48.2 Å². The summed E-state index contributed by atoms with van der Waals surface area (Å²) in [7, 11) is 5.68. The first kappa shape index (κ1) is 30.6. The molecule has 12 nitrogen and oxygen atoms in total. The van der Waals surface area contributed by atoms with E-state index in [2.05, 4.69) is 0 Å². The molecule has 1 atom stereocenters. The average molecular weight is 461 g/mol. The van der Waals surface area contributed by atoms with Crippen LogP contribution in [0.3, 0.4) is 0 Å². The predicted molar refractivity (Wildman–Crippen MR) is 85.2 cm³/mol. The number of nitrogens with zero attached hydrogens (tertiary/aromatic N) is 1. The molecule has 0 bridgehead atoms. The zero-order chi connectivity index (χ0) is 22.0. The number of hydrogen-bond acceptors (Lipinski definition) is 8. The number of aliphatic hydroxyl groups is 1. The van der Waals surface area contributed by atoms with Gasteiger partial charge in [-0.25, -0.2) is 4.79 Å². The molecule has 0 aromatic rings. The van der Waals surface area contributed by atoms with Crippen LogP contribution in [0.4, 0.5) is 0 Å². The summed E-state index contributed by atoms with van der Waals surface area (Å²) in [4.78, 5) is 51.5. The molecule has 0 rings (SSSR count). The predicted octanol–water partition coefficient (Wildman–Crippen LogP) is -2.49. The van der Waals surface area contributed by atoms with Crippen molar-refractivity contribution in [3.8, 4) is 0 Å². The van der Waals surface area contributed by atoms with Gasteiger partial charge in [0.2, 0.25) is 0 Å². The van der Waals surface area contributed by atoms with Gasteiger partial charge in [0.05, 0.1) is 34.0 Å². The van der Waals surface area contributed by atoms with Crippen LogP contribution in [0.2, 0.25) is 0 Å². The number of quaternary nitrogens is 1. The first-order chi connectivity index (χ1) is 12.0. The Morgan fingerprint density at radius 2 is 1.39 bits per heavy atom. The second kappa shape index (κ2) is 13.1. The van der Waals surface area contributed by atoms with E-state index in [4.69, 9.17) is 25.2 Å². The largest absolute Gasteiger partial charge is 0.550 e. The summed E-state index contributed by atoms with van der Waals surface area (Å²) in [5.74, 6) is -6.69. The van der Waals surface area contributed by atoms with Crippen LogP contribution in [0.15, 0.2) is 0 Å². The molecule has 0 aliphatic rings. The smallest absolute Gasteiger partial charge is 0.336 e. The number of carbonyl (C=O) groups is 5. The quantitative estimate of drug-likeness (QED) is 0.153. The normalized spacial score (nSPS) is 11.8. The average Bonchev–Trinajstić information content (AvgIpc) is 2.32. The minimum atomic E-state index is -2.74. The molecule has 0 unspecified atom stereocenters. The second-order valence-corrected chi connectivity index (χ2v) is 6.76. The van der Waals surface area contributed by atoms with Crippen LogP contribution >= 0.6 is 0 Å². The molecule has 0 fully saturated rings. The van der Waals surface area contributed by atoms with Gasteiger partial charge in [-0.05, 0) is 0 Å². The second-order valence-electron chi connectivity index (χ2n) is 6.76. The Morgan fingerprint density at radius 1 is 1.00 bits per heavy atom. The molecule has 0 aromatic heterocycles. The molecule has 0 aliphatic heterocycles. The number of carbonyl (C=O) groups excluding carboxylic acids is 2. The molecule has 158 valence electrons. The third kappa shape index (κ3) is 17.3. The van der Waals surface area contributed by atoms with E-state index in [1.165, 1.54) is 6.92 Å². The third-order valence-corrected chi connectivity index (χ3v) is 2.76. The van der Waals surface area contributed by atoms with Crippen LogP contribution in [0.25, 0.3) is 0 Å². The molecule has 4 N–H and O–H groups in total. The summed E-state index contributed by atoms with van der Waals surface area (Å²) in [6.45, 7) is 1.71. The minimum absolute atomic E-state index is 0. The fourth-order valence-electron chi connectivity index (χ4n) is 1.89. The Balaban J connectivity index is -0.000000432. The molecule has 0 saturated heterocycles. The maximum absolute atomic E-state index is 10.7. The molecular weight excluding hydrogens is 436 g/mol. The molecule has 0 spiro atoms. The number of esters is 1. The topological polar surface area (TPSA) is 199 Å². The van der Waals surface area contributed by atoms with E-state index < -0.39 is 54.4 Å². The monoisotopic (exact) mass is 459 g/mol. The van der Waals surface area contributed by atoms with Crippen molar-refractivity contribution < 1.29 is 78.2 Å². The molecule has 0 aliphatic carbocycles. The van der Waals surface area contributed by atoms with Gasteiger partial charge in [0, 0.05) is 38.8 Å². The van der Waals surface area contributed by atoms with Gasteiger partial charge in [-0.3, -0.25) is 14.4 Å². The maximum Gasteiger partial charge on any atom is 0.336 e. The van der Waals surface area contributed by atoms with Gasteiger partial charge >= 0.3 is 23.9 Å². The summed E-state index contributed by atoms with van der Waals surface area (Å²) in [5, 5.41) is 44.2. The molecule has 28 heavy (non-hydrogen) atoms. The number of ether oxygens (including phenoxy) is 1. The first-order valence-corrected chi connectivity index (χ1v) is 7.55. The number of carboxylic acid groups (broad SMARTS) is 4. The minimum Gasteiger partial charge on any atom is -0.550 e. The van der Waals surface area contributed by atoms with E-state index in [0.29, 0.717) is 11.0 Å². The van der Waals surface area contributed by atoms with Gasteiger partial charge < -0.3 is 39.5 Å². The van der Waals surface area contributed by atoms with E-state index in [-0.39, 0.29) is 25.9 Å². The van der Waals surface area contributed by atoms with Crippen LogP contribution in [-0.4, -0.2) is 94.1 Å². The summed E-state index contributed by atoms with van der Waals surface area (Å²) in [6.07, 6.45) is -3.16. The fraction of sp³-hybridized carbons (Fsp3) is 0.667. The first-order valence-electron chi connectivity index (χ1n) is 7.55. The van der Waals surface area contributed by atoms with E-state index in [0.717, 1.165) is 0 Å². The Labute approximate surface area is 174 Å². The van der Waals surface area contributed by atoms with Crippen molar-refractivity contribution in [2.45, 2.75) is 37.9 Å². The summed E-state index contributed by atoms with van der Waals surface area (Å²) in [5.41, 5.74) is -2.74. The van der Waals surface area contributed by atoms with E-state index >= 15 is 0 Å². The third-order valence-electron chi connectivity index (χ3n) is 2.76. The van der Waals surface area contributed by atoms with Gasteiger partial charge in [-0.2, -0.15) is 0 Å². The number of likely N-dealkylation sites (N-methyl/N-ethyl adjacent to an activating group) is 1. The van der Waals surface area contributed by atoms with E-state index in [1.807, 2.05) is 21.1 Å². The summed E-state index contributed by atoms with van der Waals surface area (Å²) in [6, 6.07) is 0. The zero-order valence-electron chi connectivity index (χ0n) is 16.2. The van der Waals surface area contributed by atoms with Gasteiger partial charge in [0.1, 0.15) is 6.54 Å². The van der Waals surface area contributed by atoms with Crippen molar-refractivity contribution in [3.63, 3.8) is 0 Å². The van der Waals surface area contributed by atoms with E-state index in [1.54, 1.807) is 0 Å². The number of aliphatic carboxylic acids is 4. The van der Waals surface area contributed by atoms with Crippen LogP contribution < -0.4 is 5.11 Å². The van der Waals surface area contributed by atoms with Crippen molar-refractivity contribution >= 4 is 29.8 Å². The Kier molecular flexibility index (Phi) is 14.4. The Hall–Kier alpha value is -2.11. The van der Waals surface area contributed by atoms with Gasteiger partial charge in [-0.1, -0.05) is 0 Å². The SMILES string of the molecule is CC(=O)O[C@H](CC(=O)[O-])C[N+](C)(C)C.O=C(O)CC(O)(CC(=O)O)C(=O)O.[Zn]. The van der Waals surface area contributed by atoms with Crippen molar-refractivity contribution in [2.75, 3.05) is 27.7 Å². The molecule has 0 amide bonds. The fourth-order valence-corrected chi connectivity index (χ4v) is 1.89. The van der Waals surface area contributed by atoms with Crippen molar-refractivity contribution in [2.24, 2.45) is 0 Å². The summed E-state index contributed by atoms with van der Waals surface area (Å²) < 4.78 is 5.39. The van der Waals surface area contributed by atoms with Crippen molar-refractivity contribution in [1.29, 1.82) is 0 Å². The molecule has 13 heteroatoms. The molecule has 0 heterocycles. The maximum atomic E-state index is 10.7. The Morgan fingerprint density at radius 3 is 1.61 bits per heavy atom. The van der Waals surface area contributed by atoms with Gasteiger partial charge in [0.25, 0.3) is 0 Å². The molecular formula is C15H25NO11Zn. The van der Waals surface area contributed by atoms with Crippen LogP contribution in [0.1, 0.15) is 26.2 Å². The van der Waals surface area contributed by atoms with E-state index in [9.17, 15) is 29.1 Å². The van der Waals surface area contributed by atoms with Crippen molar-refractivity contribution in [3.05, 3.63) is 0 Å².